The highest BCUT2D eigenvalue weighted by molar-refractivity contribution is 7.89. The van der Waals surface area contributed by atoms with Crippen molar-refractivity contribution in [3.05, 3.63) is 47.5 Å². The van der Waals surface area contributed by atoms with Gasteiger partial charge in [0.1, 0.15) is 0 Å². The van der Waals surface area contributed by atoms with Crippen molar-refractivity contribution in [3.63, 3.8) is 0 Å². The summed E-state index contributed by atoms with van der Waals surface area (Å²) in [4.78, 5) is 8.31. The van der Waals surface area contributed by atoms with Crippen LogP contribution >= 0.6 is 0 Å². The van der Waals surface area contributed by atoms with Crippen LogP contribution in [0, 0.1) is 13.8 Å². The van der Waals surface area contributed by atoms with Crippen molar-refractivity contribution >= 4 is 15.7 Å². The van der Waals surface area contributed by atoms with Gasteiger partial charge in [-0.1, -0.05) is 0 Å². The van der Waals surface area contributed by atoms with Crippen molar-refractivity contribution < 1.29 is 8.42 Å². The molecule has 0 saturated carbocycles. The zero-order valence-electron chi connectivity index (χ0n) is 11.3. The Balaban J connectivity index is 2.16. The number of nitrogen functional groups attached to an aromatic ring is 1. The fourth-order valence-electron chi connectivity index (χ4n) is 1.69. The highest BCUT2D eigenvalue weighted by atomic mass is 32.2. The van der Waals surface area contributed by atoms with Gasteiger partial charge in [-0.25, -0.2) is 13.1 Å². The van der Waals surface area contributed by atoms with Crippen LogP contribution in [0.2, 0.25) is 0 Å². The molecule has 106 valence electrons. The average Bonchev–Trinajstić information content (AvgIpc) is 2.37. The molecule has 0 saturated heterocycles. The monoisotopic (exact) mass is 292 g/mol. The second kappa shape index (κ2) is 5.56. The van der Waals surface area contributed by atoms with Crippen LogP contribution in [0.4, 0.5) is 5.69 Å². The lowest BCUT2D eigenvalue weighted by atomic mass is 10.2. The third kappa shape index (κ3) is 3.52. The van der Waals surface area contributed by atoms with E-state index >= 15 is 0 Å². The van der Waals surface area contributed by atoms with Gasteiger partial charge >= 0.3 is 0 Å². The molecule has 6 nitrogen and oxygen atoms in total. The number of sulfonamides is 1. The quantitative estimate of drug-likeness (QED) is 0.824. The number of nitrogens with zero attached hydrogens (tertiary/aromatic N) is 2. The van der Waals surface area contributed by atoms with Crippen LogP contribution in [0.1, 0.15) is 17.0 Å². The molecular weight excluding hydrogens is 276 g/mol. The maximum atomic E-state index is 12.2. The van der Waals surface area contributed by atoms with Gasteiger partial charge in [-0.05, 0) is 37.6 Å². The molecule has 2 aromatic rings. The van der Waals surface area contributed by atoms with Gasteiger partial charge in [0.15, 0.2) is 0 Å². The van der Waals surface area contributed by atoms with Crippen molar-refractivity contribution in [2.45, 2.75) is 25.3 Å². The molecule has 1 aromatic carbocycles. The number of anilines is 1. The summed E-state index contributed by atoms with van der Waals surface area (Å²) in [5.74, 6) is 0. The number of nitrogens with one attached hydrogen (secondary N) is 1. The predicted octanol–water partition coefficient (Wildman–Crippen LogP) is 1.15. The van der Waals surface area contributed by atoms with Gasteiger partial charge in [0, 0.05) is 11.9 Å². The normalized spacial score (nSPS) is 11.5. The number of benzene rings is 1. The maximum Gasteiger partial charge on any atom is 0.241 e. The van der Waals surface area contributed by atoms with E-state index in [4.69, 9.17) is 5.73 Å². The lowest BCUT2D eigenvalue weighted by Crippen LogP contribution is -2.24. The van der Waals surface area contributed by atoms with Gasteiger partial charge in [0.2, 0.25) is 10.0 Å². The largest absolute Gasteiger partial charge is 0.399 e. The second-order valence-corrected chi connectivity index (χ2v) is 6.32. The molecule has 20 heavy (non-hydrogen) atoms. The Labute approximate surface area is 118 Å². The molecule has 3 N–H and O–H groups in total. The Morgan fingerprint density at radius 1 is 1.15 bits per heavy atom. The fraction of sp³-hybridized carbons (Fsp3) is 0.231. The van der Waals surface area contributed by atoms with E-state index in [1.54, 1.807) is 31.5 Å². The Bertz CT molecular complexity index is 691. The smallest absolute Gasteiger partial charge is 0.241 e. The molecule has 2 rings (SSSR count). The lowest BCUT2D eigenvalue weighted by molar-refractivity contribution is 0.580. The molecule has 0 atom stereocenters. The van der Waals surface area contributed by atoms with Gasteiger partial charge in [-0.15, -0.1) is 0 Å². The molecule has 7 heteroatoms. The highest BCUT2D eigenvalue weighted by Gasteiger charge is 2.15. The Morgan fingerprint density at radius 2 is 1.90 bits per heavy atom. The van der Waals surface area contributed by atoms with Gasteiger partial charge in [0.25, 0.3) is 0 Å². The molecule has 1 heterocycles. The summed E-state index contributed by atoms with van der Waals surface area (Å²) in [5.41, 5.74) is 8.21. The highest BCUT2D eigenvalue weighted by Crippen LogP contribution is 2.16. The van der Waals surface area contributed by atoms with E-state index in [2.05, 4.69) is 14.7 Å². The molecule has 0 aliphatic heterocycles. The van der Waals surface area contributed by atoms with Crippen molar-refractivity contribution in [1.82, 2.24) is 14.7 Å². The van der Waals surface area contributed by atoms with E-state index in [1.807, 2.05) is 6.92 Å². The average molecular weight is 292 g/mol. The lowest BCUT2D eigenvalue weighted by Gasteiger charge is -2.08. The Kier molecular flexibility index (Phi) is 4.01. The topological polar surface area (TPSA) is 98.0 Å². The second-order valence-electron chi connectivity index (χ2n) is 4.55. The number of aryl methyl sites for hydroxylation is 2. The van der Waals surface area contributed by atoms with Gasteiger partial charge in [0.05, 0.1) is 29.0 Å². The third-order valence-electron chi connectivity index (χ3n) is 2.66. The Hall–Kier alpha value is -1.99. The van der Waals surface area contributed by atoms with Crippen molar-refractivity contribution in [3.8, 4) is 0 Å². The summed E-state index contributed by atoms with van der Waals surface area (Å²) >= 11 is 0. The number of hydrogen-bond donors (Lipinski definition) is 2. The summed E-state index contributed by atoms with van der Waals surface area (Å²) in [6.45, 7) is 3.70. The minimum absolute atomic E-state index is 0.0868. The van der Waals surface area contributed by atoms with Gasteiger partial charge < -0.3 is 5.73 Å². The van der Waals surface area contributed by atoms with E-state index in [0.29, 0.717) is 11.4 Å². The summed E-state index contributed by atoms with van der Waals surface area (Å²) in [6, 6.07) is 4.71. The molecule has 0 spiro atoms. The molecule has 0 radical (unpaired) electrons. The van der Waals surface area contributed by atoms with Crippen molar-refractivity contribution in [1.29, 1.82) is 0 Å². The van der Waals surface area contributed by atoms with Crippen LogP contribution in [0.5, 0.6) is 0 Å². The number of hydrogen-bond acceptors (Lipinski definition) is 5. The first-order valence-corrected chi connectivity index (χ1v) is 7.49. The fourth-order valence-corrected chi connectivity index (χ4v) is 2.83. The van der Waals surface area contributed by atoms with E-state index in [-0.39, 0.29) is 11.4 Å². The number of aromatic nitrogens is 2. The molecule has 0 bridgehead atoms. The van der Waals surface area contributed by atoms with Crippen LogP contribution in [0.3, 0.4) is 0 Å². The van der Waals surface area contributed by atoms with E-state index in [9.17, 15) is 8.42 Å². The SMILES string of the molecule is Cc1cc(N)cc(S(=O)(=O)NCc2cnc(C)cn2)c1. The summed E-state index contributed by atoms with van der Waals surface area (Å²) < 4.78 is 26.8. The summed E-state index contributed by atoms with van der Waals surface area (Å²) in [7, 11) is -3.61. The number of nitrogens with two attached hydrogens (primary N) is 1. The van der Waals surface area contributed by atoms with Crippen LogP contribution in [0.15, 0.2) is 35.5 Å². The maximum absolute atomic E-state index is 12.2. The predicted molar refractivity (Wildman–Crippen MR) is 76.4 cm³/mol. The summed E-state index contributed by atoms with van der Waals surface area (Å²) in [5, 5.41) is 0. The van der Waals surface area contributed by atoms with Crippen molar-refractivity contribution in [2.75, 3.05) is 5.73 Å². The van der Waals surface area contributed by atoms with E-state index in [1.165, 1.54) is 6.07 Å². The van der Waals surface area contributed by atoms with Crippen LogP contribution < -0.4 is 10.5 Å². The molecule has 0 aliphatic carbocycles. The van der Waals surface area contributed by atoms with Crippen LogP contribution in [0.25, 0.3) is 0 Å². The first kappa shape index (κ1) is 14.4. The van der Waals surface area contributed by atoms with E-state index < -0.39 is 10.0 Å². The number of rotatable bonds is 4. The molecule has 0 amide bonds. The van der Waals surface area contributed by atoms with E-state index in [0.717, 1.165) is 11.3 Å². The first-order valence-electron chi connectivity index (χ1n) is 6.01. The zero-order chi connectivity index (χ0) is 14.8. The van der Waals surface area contributed by atoms with Crippen LogP contribution in [-0.2, 0) is 16.6 Å². The van der Waals surface area contributed by atoms with Crippen LogP contribution in [-0.4, -0.2) is 18.4 Å². The minimum Gasteiger partial charge on any atom is -0.399 e. The minimum atomic E-state index is -3.61. The standard InChI is InChI=1S/C13H16N4O2S/c1-9-3-11(14)5-13(4-9)20(18,19)17-8-12-7-15-10(2)6-16-12/h3-7,17H,8,14H2,1-2H3. The third-order valence-corrected chi connectivity index (χ3v) is 4.04. The van der Waals surface area contributed by atoms with Gasteiger partial charge in [-0.2, -0.15) is 0 Å². The molecule has 0 aliphatic rings. The molecule has 1 aromatic heterocycles. The van der Waals surface area contributed by atoms with Crippen molar-refractivity contribution in [2.24, 2.45) is 0 Å². The first-order chi connectivity index (χ1) is 9.37. The zero-order valence-corrected chi connectivity index (χ0v) is 12.1. The Morgan fingerprint density at radius 3 is 2.50 bits per heavy atom. The molecule has 0 unspecified atom stereocenters. The molecule has 0 fully saturated rings. The molecular formula is C13H16N4O2S. The van der Waals surface area contributed by atoms with Gasteiger partial charge in [-0.3, -0.25) is 9.97 Å². The summed E-state index contributed by atoms with van der Waals surface area (Å²) in [6.07, 6.45) is 3.14.